The molecule has 226 valence electrons. The van der Waals surface area contributed by atoms with Crippen molar-refractivity contribution in [3.63, 3.8) is 0 Å². The lowest BCUT2D eigenvalue weighted by molar-refractivity contribution is -0.140. The zero-order valence-electron chi connectivity index (χ0n) is 24.0. The number of anilines is 1. The number of halogens is 1. The predicted molar refractivity (Wildman–Crippen MR) is 160 cm³/mol. The monoisotopic (exact) mass is 590 g/mol. The Balaban J connectivity index is 0.00000462. The van der Waals surface area contributed by atoms with Crippen molar-refractivity contribution in [3.05, 3.63) is 52.6 Å². The van der Waals surface area contributed by atoms with E-state index in [1.54, 1.807) is 22.1 Å². The second-order valence-electron chi connectivity index (χ2n) is 11.4. The number of carbonyl (C=O) groups is 2. The van der Waals surface area contributed by atoms with E-state index in [4.69, 9.17) is 11.5 Å². The van der Waals surface area contributed by atoms with Gasteiger partial charge in [0.15, 0.2) is 0 Å². The largest absolute Gasteiger partial charge is 0.394 e. The van der Waals surface area contributed by atoms with Gasteiger partial charge in [0.05, 0.1) is 12.3 Å². The number of amides is 3. The molecule has 3 amide bonds. The third kappa shape index (κ3) is 7.83. The van der Waals surface area contributed by atoms with E-state index in [0.717, 1.165) is 32.5 Å². The maximum absolute atomic E-state index is 12.9. The van der Waals surface area contributed by atoms with E-state index in [2.05, 4.69) is 22.1 Å². The van der Waals surface area contributed by atoms with Gasteiger partial charge in [0.2, 0.25) is 5.91 Å². The number of nitrogens with one attached hydrogen (secondary N) is 1. The highest BCUT2D eigenvalue weighted by atomic mass is 35.5. The molecule has 6 N–H and O–H groups in total. The van der Waals surface area contributed by atoms with Gasteiger partial charge in [0.25, 0.3) is 0 Å². The smallest absolute Gasteiger partial charge is 0.354 e. The Morgan fingerprint density at radius 2 is 1.80 bits per heavy atom. The van der Waals surface area contributed by atoms with Gasteiger partial charge in [-0.25, -0.2) is 9.59 Å². The number of urea groups is 1. The minimum atomic E-state index is -1.36. The summed E-state index contributed by atoms with van der Waals surface area (Å²) in [4.78, 5) is 47.9. The van der Waals surface area contributed by atoms with E-state index in [-0.39, 0.29) is 49.3 Å². The van der Waals surface area contributed by atoms with Crippen LogP contribution in [0.2, 0.25) is 0 Å². The molecule has 2 saturated heterocycles. The maximum Gasteiger partial charge on any atom is 0.354 e. The summed E-state index contributed by atoms with van der Waals surface area (Å²) < 4.78 is 1.44. The van der Waals surface area contributed by atoms with E-state index in [9.17, 15) is 19.5 Å². The molecule has 13 heteroatoms. The van der Waals surface area contributed by atoms with Gasteiger partial charge in [-0.15, -0.1) is 12.4 Å². The van der Waals surface area contributed by atoms with Crippen molar-refractivity contribution in [3.8, 4) is 5.69 Å². The summed E-state index contributed by atoms with van der Waals surface area (Å²) in [5.74, 6) is 0.385. The Morgan fingerprint density at radius 1 is 1.15 bits per heavy atom. The Labute approximate surface area is 247 Å². The quantitative estimate of drug-likeness (QED) is 0.371. The topological polar surface area (TPSA) is 163 Å². The molecule has 2 aliphatic rings. The van der Waals surface area contributed by atoms with Crippen LogP contribution in [0, 0.1) is 5.92 Å². The lowest BCUT2D eigenvalue weighted by Crippen LogP contribution is -2.62. The third-order valence-electron chi connectivity index (χ3n) is 8.03. The van der Waals surface area contributed by atoms with E-state index >= 15 is 0 Å². The molecule has 0 saturated carbocycles. The van der Waals surface area contributed by atoms with Crippen LogP contribution in [-0.4, -0.2) is 98.2 Å². The zero-order valence-corrected chi connectivity index (χ0v) is 24.8. The molecule has 2 aliphatic heterocycles. The van der Waals surface area contributed by atoms with Crippen LogP contribution in [-0.2, 0) is 11.3 Å². The Morgan fingerprint density at radius 3 is 2.37 bits per heavy atom. The summed E-state index contributed by atoms with van der Waals surface area (Å²) in [5, 5.41) is 12.1. The molecule has 3 heterocycles. The SMILES string of the molecule is CC1CN(C(=O)C(C)(N)CO)CCN1C(=O)Nc1ccn(-c2ccc(CN3CCC([C@H](C)N)CC3)cc2)c(=O)n1.Cl. The van der Waals surface area contributed by atoms with Crippen LogP contribution in [0.15, 0.2) is 41.3 Å². The number of carbonyl (C=O) groups excluding carboxylic acids is 2. The number of piperazine rings is 1. The zero-order chi connectivity index (χ0) is 29.0. The number of benzene rings is 1. The molecular weight excluding hydrogens is 548 g/mol. The van der Waals surface area contributed by atoms with Gasteiger partial charge in [0.1, 0.15) is 11.4 Å². The summed E-state index contributed by atoms with van der Waals surface area (Å²) in [6, 6.07) is 8.97. The molecule has 2 aromatic rings. The third-order valence-corrected chi connectivity index (χ3v) is 8.03. The average molecular weight is 591 g/mol. The fourth-order valence-corrected chi connectivity index (χ4v) is 5.38. The second-order valence-corrected chi connectivity index (χ2v) is 11.4. The molecule has 1 aromatic carbocycles. The minimum Gasteiger partial charge on any atom is -0.394 e. The number of aliphatic hydroxyl groups is 1. The number of nitrogens with two attached hydrogens (primary N) is 2. The Hall–Kier alpha value is -3.03. The number of aliphatic hydroxyl groups excluding tert-OH is 1. The Kier molecular flexibility index (Phi) is 10.9. The van der Waals surface area contributed by atoms with Gasteiger partial charge < -0.3 is 26.4 Å². The Bertz CT molecular complexity index is 1240. The average Bonchev–Trinajstić information content (AvgIpc) is 2.93. The first-order chi connectivity index (χ1) is 19.0. The lowest BCUT2D eigenvalue weighted by Gasteiger charge is -2.41. The van der Waals surface area contributed by atoms with Crippen molar-refractivity contribution in [1.82, 2.24) is 24.3 Å². The van der Waals surface area contributed by atoms with Gasteiger partial charge in [-0.1, -0.05) is 12.1 Å². The predicted octanol–water partition coefficient (Wildman–Crippen LogP) is 0.988. The van der Waals surface area contributed by atoms with Gasteiger partial charge in [-0.3, -0.25) is 19.6 Å². The molecular formula is C28H43ClN8O4. The summed E-state index contributed by atoms with van der Waals surface area (Å²) in [6.07, 6.45) is 3.83. The molecule has 3 atom stereocenters. The van der Waals surface area contributed by atoms with Crippen LogP contribution in [0.1, 0.15) is 39.2 Å². The van der Waals surface area contributed by atoms with Gasteiger partial charge >= 0.3 is 11.7 Å². The minimum absolute atomic E-state index is 0. The maximum atomic E-state index is 12.9. The number of rotatable bonds is 7. The summed E-state index contributed by atoms with van der Waals surface area (Å²) in [5.41, 5.74) is 11.9. The van der Waals surface area contributed by atoms with Crippen LogP contribution >= 0.6 is 12.4 Å². The normalized spacial score (nSPS) is 20.6. The number of likely N-dealkylation sites (tertiary alicyclic amines) is 1. The number of hydrogen-bond acceptors (Lipinski definition) is 8. The highest BCUT2D eigenvalue weighted by molar-refractivity contribution is 5.89. The molecule has 0 radical (unpaired) electrons. The van der Waals surface area contributed by atoms with E-state index in [0.29, 0.717) is 18.2 Å². The fourth-order valence-electron chi connectivity index (χ4n) is 5.38. The van der Waals surface area contributed by atoms with E-state index in [1.165, 1.54) is 17.1 Å². The number of nitrogens with zero attached hydrogens (tertiary/aromatic N) is 5. The summed E-state index contributed by atoms with van der Waals surface area (Å²) >= 11 is 0. The first-order valence-electron chi connectivity index (χ1n) is 13.9. The van der Waals surface area contributed by atoms with Crippen LogP contribution < -0.4 is 22.5 Å². The molecule has 1 aromatic heterocycles. The number of hydrogen-bond donors (Lipinski definition) is 4. The van der Waals surface area contributed by atoms with Crippen LogP contribution in [0.4, 0.5) is 10.6 Å². The standard InChI is InChI=1S/C28H42N8O4.ClH/c1-19-16-34(25(38)28(3,30)18-37)14-15-35(19)26(39)31-24-10-13-36(27(40)32-24)23-6-4-21(5-7-23)17-33-11-8-22(9-12-33)20(2)29;/h4-7,10,13,19-20,22,37H,8-9,11-12,14-18,29-30H2,1-3H3,(H,31,32,39,40);1H/t19?,20-,28?;/m0./s1. The van der Waals surface area contributed by atoms with Gasteiger partial charge in [-0.2, -0.15) is 4.98 Å². The molecule has 0 aliphatic carbocycles. The molecule has 2 fully saturated rings. The molecule has 0 spiro atoms. The summed E-state index contributed by atoms with van der Waals surface area (Å²) in [6.45, 7) is 8.72. The van der Waals surface area contributed by atoms with Crippen molar-refractivity contribution in [1.29, 1.82) is 0 Å². The summed E-state index contributed by atoms with van der Waals surface area (Å²) in [7, 11) is 0. The van der Waals surface area contributed by atoms with E-state index < -0.39 is 23.9 Å². The van der Waals surface area contributed by atoms with Crippen LogP contribution in [0.3, 0.4) is 0 Å². The van der Waals surface area contributed by atoms with Gasteiger partial charge in [0, 0.05) is 44.5 Å². The highest BCUT2D eigenvalue weighted by Gasteiger charge is 2.37. The van der Waals surface area contributed by atoms with Gasteiger partial charge in [-0.05, 0) is 76.4 Å². The first-order valence-corrected chi connectivity index (χ1v) is 13.9. The lowest BCUT2D eigenvalue weighted by atomic mass is 9.91. The first kappa shape index (κ1) is 32.5. The van der Waals surface area contributed by atoms with Crippen molar-refractivity contribution >= 4 is 30.2 Å². The molecule has 4 rings (SSSR count). The molecule has 0 bridgehead atoms. The van der Waals surface area contributed by atoms with Crippen molar-refractivity contribution in [2.45, 2.75) is 57.8 Å². The second kappa shape index (κ2) is 13.8. The van der Waals surface area contributed by atoms with Crippen molar-refractivity contribution < 1.29 is 14.7 Å². The van der Waals surface area contributed by atoms with Crippen molar-refractivity contribution in [2.75, 3.05) is 44.6 Å². The fraction of sp³-hybridized carbons (Fsp3) is 0.571. The molecule has 12 nitrogen and oxygen atoms in total. The van der Waals surface area contributed by atoms with Crippen LogP contribution in [0.5, 0.6) is 0 Å². The molecule has 41 heavy (non-hydrogen) atoms. The van der Waals surface area contributed by atoms with Crippen molar-refractivity contribution in [2.24, 2.45) is 17.4 Å². The number of piperidine rings is 1. The number of aromatic nitrogens is 2. The highest BCUT2D eigenvalue weighted by Crippen LogP contribution is 2.21. The van der Waals surface area contributed by atoms with Crippen LogP contribution in [0.25, 0.3) is 5.69 Å². The van der Waals surface area contributed by atoms with E-state index in [1.807, 2.05) is 31.2 Å². The molecule has 2 unspecified atom stereocenters.